The van der Waals surface area contributed by atoms with Gasteiger partial charge in [0.25, 0.3) is 0 Å². The number of hydrogen-bond donors (Lipinski definition) is 12. The number of carbonyl (C=O) groups is 1. The fourth-order valence-electron chi connectivity index (χ4n) is 11.3. The Morgan fingerprint density at radius 2 is 0.779 bits per heavy atom. The smallest absolute Gasteiger partial charge is 0.220 e. The number of ether oxygens (including phenoxy) is 6. The van der Waals surface area contributed by atoms with E-state index in [4.69, 9.17) is 28.4 Å². The lowest BCUT2D eigenvalue weighted by atomic mass is 9.96. The fourth-order valence-corrected chi connectivity index (χ4v) is 11.3. The van der Waals surface area contributed by atoms with Crippen LogP contribution in [0.2, 0.25) is 0 Å². The number of rotatable bonds is 51. The van der Waals surface area contributed by atoms with Crippen LogP contribution >= 0.6 is 0 Å². The highest BCUT2D eigenvalue weighted by molar-refractivity contribution is 5.76. The molecule has 0 bridgehead atoms. The van der Waals surface area contributed by atoms with E-state index in [1.807, 2.05) is 6.08 Å². The molecule has 1 amide bonds. The van der Waals surface area contributed by atoms with Crippen LogP contribution in [-0.2, 0) is 33.2 Å². The summed E-state index contributed by atoms with van der Waals surface area (Å²) >= 11 is 0. The van der Waals surface area contributed by atoms with E-state index in [0.29, 0.717) is 12.8 Å². The van der Waals surface area contributed by atoms with Crippen molar-refractivity contribution in [2.75, 3.05) is 26.4 Å². The number of hydrogen-bond acceptors (Lipinski definition) is 18. The predicted molar refractivity (Wildman–Crippen MR) is 332 cm³/mol. The highest BCUT2D eigenvalue weighted by Gasteiger charge is 2.53. The molecule has 17 atom stereocenters. The summed E-state index contributed by atoms with van der Waals surface area (Å²) in [4.78, 5) is 13.4. The minimum absolute atomic E-state index is 0.235. The average molecular weight is 1230 g/mol. The van der Waals surface area contributed by atoms with Crippen LogP contribution < -0.4 is 5.32 Å². The van der Waals surface area contributed by atoms with Gasteiger partial charge in [0.2, 0.25) is 5.91 Å². The van der Waals surface area contributed by atoms with Crippen LogP contribution in [0.15, 0.2) is 48.6 Å². The average Bonchev–Trinajstić information content (AvgIpc) is 1.96. The molecule has 19 nitrogen and oxygen atoms in total. The van der Waals surface area contributed by atoms with Crippen molar-refractivity contribution in [3.63, 3.8) is 0 Å². The Kier molecular flexibility index (Phi) is 44.8. The minimum atomic E-state index is -1.98. The van der Waals surface area contributed by atoms with Crippen molar-refractivity contribution in [3.05, 3.63) is 48.6 Å². The lowest BCUT2D eigenvalue weighted by Crippen LogP contribution is -2.66. The molecule has 12 N–H and O–H groups in total. The molecular weight excluding hydrogens is 1110 g/mol. The second-order valence-electron chi connectivity index (χ2n) is 24.3. The lowest BCUT2D eigenvalue weighted by Gasteiger charge is -2.48. The number of unbranched alkanes of at least 4 members (excludes halogenated alkanes) is 29. The first-order valence-corrected chi connectivity index (χ1v) is 33.9. The number of carbonyl (C=O) groups excluding carboxylic acids is 1. The van der Waals surface area contributed by atoms with E-state index in [1.165, 1.54) is 161 Å². The van der Waals surface area contributed by atoms with E-state index in [9.17, 15) is 61.0 Å². The number of aliphatic hydroxyl groups is 11. The maximum absolute atomic E-state index is 13.4. The Balaban J connectivity index is 1.42. The molecular formula is C67H121NO18. The largest absolute Gasteiger partial charge is 0.394 e. The molecule has 3 aliphatic rings. The van der Waals surface area contributed by atoms with Gasteiger partial charge in [0.05, 0.1) is 38.6 Å². The minimum Gasteiger partial charge on any atom is -0.394 e. The maximum Gasteiger partial charge on any atom is 0.220 e. The van der Waals surface area contributed by atoms with Crippen LogP contribution in [0.4, 0.5) is 0 Å². The van der Waals surface area contributed by atoms with Gasteiger partial charge in [0.15, 0.2) is 18.9 Å². The third kappa shape index (κ3) is 31.7. The van der Waals surface area contributed by atoms with Crippen molar-refractivity contribution in [3.8, 4) is 0 Å². The topological polar surface area (TPSA) is 307 Å². The van der Waals surface area contributed by atoms with E-state index < -0.39 is 124 Å². The second kappa shape index (κ2) is 49.5. The molecule has 19 heteroatoms. The third-order valence-corrected chi connectivity index (χ3v) is 16.8. The van der Waals surface area contributed by atoms with Crippen LogP contribution in [0.25, 0.3) is 0 Å². The van der Waals surface area contributed by atoms with E-state index in [0.717, 1.165) is 44.9 Å². The standard InChI is InChI=1S/C67H121NO18/c1-3-5-7-9-11-13-15-17-19-20-21-22-23-24-25-26-27-28-29-30-31-33-35-37-39-41-43-45-55(73)68-50(51(72)44-42-40-38-36-34-32-18-16-14-12-10-8-6-4-2)49-81-65-61(79)58(76)63(53(47-70)83-65)86-67-62(80)59(77)64(54(48-71)84-67)85-66-60(78)57(75)56(74)52(46-69)82-66/h15,17,20-21,34,36,42,44,50-54,56-67,69-72,74-80H,3-14,16,18-19,22-33,35,37-41,43,45-49H2,1-2H3,(H,68,73)/b17-15-,21-20-,36-34+,44-42+. The molecule has 3 heterocycles. The molecule has 86 heavy (non-hydrogen) atoms. The first-order valence-electron chi connectivity index (χ1n) is 33.9. The molecule has 3 rings (SSSR count). The van der Waals surface area contributed by atoms with Crippen molar-refractivity contribution in [1.29, 1.82) is 0 Å². The van der Waals surface area contributed by atoms with Crippen LogP contribution in [0.3, 0.4) is 0 Å². The maximum atomic E-state index is 13.4. The molecule has 3 saturated heterocycles. The summed E-state index contributed by atoms with van der Waals surface area (Å²) in [7, 11) is 0. The zero-order valence-electron chi connectivity index (χ0n) is 52.8. The van der Waals surface area contributed by atoms with Gasteiger partial charge in [-0.25, -0.2) is 0 Å². The Labute approximate surface area is 516 Å². The van der Waals surface area contributed by atoms with Crippen molar-refractivity contribution in [2.45, 2.75) is 343 Å². The number of aliphatic hydroxyl groups excluding tert-OH is 11. The van der Waals surface area contributed by atoms with Crippen molar-refractivity contribution in [1.82, 2.24) is 5.32 Å². The van der Waals surface area contributed by atoms with Crippen molar-refractivity contribution >= 4 is 5.91 Å². The molecule has 3 fully saturated rings. The fraction of sp³-hybridized carbons (Fsp3) is 0.866. The zero-order chi connectivity index (χ0) is 62.6. The quantitative estimate of drug-likeness (QED) is 0.0202. The van der Waals surface area contributed by atoms with Gasteiger partial charge in [-0.1, -0.05) is 217 Å². The van der Waals surface area contributed by atoms with Gasteiger partial charge in [-0.15, -0.1) is 0 Å². The van der Waals surface area contributed by atoms with Gasteiger partial charge in [-0.3, -0.25) is 4.79 Å². The number of allylic oxidation sites excluding steroid dienone is 7. The zero-order valence-corrected chi connectivity index (χ0v) is 52.8. The summed E-state index contributed by atoms with van der Waals surface area (Å²) in [5.41, 5.74) is 0. The molecule has 0 aliphatic carbocycles. The molecule has 0 spiro atoms. The third-order valence-electron chi connectivity index (χ3n) is 16.8. The van der Waals surface area contributed by atoms with Crippen LogP contribution in [0.5, 0.6) is 0 Å². The molecule has 17 unspecified atom stereocenters. The van der Waals surface area contributed by atoms with Gasteiger partial charge in [-0.2, -0.15) is 0 Å². The van der Waals surface area contributed by atoms with E-state index in [2.05, 4.69) is 55.6 Å². The van der Waals surface area contributed by atoms with E-state index in [1.54, 1.807) is 6.08 Å². The Morgan fingerprint density at radius 1 is 0.419 bits per heavy atom. The Bertz CT molecular complexity index is 1750. The van der Waals surface area contributed by atoms with Crippen LogP contribution in [0, 0.1) is 0 Å². The van der Waals surface area contributed by atoms with Gasteiger partial charge in [0, 0.05) is 6.42 Å². The normalized spacial score (nSPS) is 29.1. The van der Waals surface area contributed by atoms with Crippen molar-refractivity contribution in [2.24, 2.45) is 0 Å². The summed E-state index contributed by atoms with van der Waals surface area (Å²) in [6.07, 6.45) is 31.0. The predicted octanol–water partition coefficient (Wildman–Crippen LogP) is 8.22. The number of nitrogens with one attached hydrogen (secondary N) is 1. The summed E-state index contributed by atoms with van der Waals surface area (Å²) in [5, 5.41) is 120. The van der Waals surface area contributed by atoms with Gasteiger partial charge in [-0.05, 0) is 64.2 Å². The first kappa shape index (κ1) is 78.0. The van der Waals surface area contributed by atoms with Gasteiger partial charge >= 0.3 is 0 Å². The molecule has 0 saturated carbocycles. The van der Waals surface area contributed by atoms with Crippen LogP contribution in [-0.4, -0.2) is 193 Å². The molecule has 0 aromatic rings. The van der Waals surface area contributed by atoms with E-state index >= 15 is 0 Å². The lowest BCUT2D eigenvalue weighted by molar-refractivity contribution is -0.379. The summed E-state index contributed by atoms with van der Waals surface area (Å²) in [6, 6.07) is -0.989. The summed E-state index contributed by atoms with van der Waals surface area (Å²) < 4.78 is 34.3. The highest BCUT2D eigenvalue weighted by atomic mass is 16.8. The summed E-state index contributed by atoms with van der Waals surface area (Å²) in [6.45, 7) is 1.70. The van der Waals surface area contributed by atoms with Gasteiger partial charge < -0.3 is 89.9 Å². The first-order chi connectivity index (χ1) is 41.8. The monoisotopic (exact) mass is 1230 g/mol. The summed E-state index contributed by atoms with van der Waals surface area (Å²) in [5.74, 6) is -0.286. The van der Waals surface area contributed by atoms with Gasteiger partial charge in [0.1, 0.15) is 73.2 Å². The van der Waals surface area contributed by atoms with E-state index in [-0.39, 0.29) is 18.9 Å². The Morgan fingerprint density at radius 3 is 1.23 bits per heavy atom. The second-order valence-corrected chi connectivity index (χ2v) is 24.3. The molecule has 0 aromatic carbocycles. The van der Waals surface area contributed by atoms with Crippen LogP contribution in [0.1, 0.15) is 239 Å². The SMILES string of the molecule is CCCCCCC/C=C\C/C=C\CCCCCCCCCCCCCCCCCC(=O)NC(COC1OC(CO)C(OC2OC(CO)C(OC3OC(CO)C(O)C(O)C3O)C(O)C2O)C(O)C1O)C(O)/C=C/CC/C=C/CCCCCCCCCC. The molecule has 0 aromatic heterocycles. The number of amides is 1. The molecule has 0 radical (unpaired) electrons. The molecule has 502 valence electrons. The highest BCUT2D eigenvalue weighted by Crippen LogP contribution is 2.33. The van der Waals surface area contributed by atoms with Crippen molar-refractivity contribution < 1.29 is 89.4 Å². The Hall–Kier alpha value is -2.25. The molecule has 3 aliphatic heterocycles.